The Labute approximate surface area is 192 Å². The second-order valence-electron chi connectivity index (χ2n) is 8.34. The van der Waals surface area contributed by atoms with Gasteiger partial charge in [0.1, 0.15) is 11.5 Å². The van der Waals surface area contributed by atoms with E-state index in [1.165, 1.54) is 0 Å². The number of rotatable bonds is 3. The van der Waals surface area contributed by atoms with Gasteiger partial charge in [-0.15, -0.1) is 12.4 Å². The summed E-state index contributed by atoms with van der Waals surface area (Å²) in [6.45, 7) is 1.69. The van der Waals surface area contributed by atoms with Crippen LogP contribution in [0.5, 0.6) is 0 Å². The molecule has 0 saturated carbocycles. The molecule has 2 aromatic carbocycles. The fourth-order valence-electron chi connectivity index (χ4n) is 4.36. The fraction of sp³-hybridized carbons (Fsp3) is 0.240. The lowest BCUT2D eigenvalue weighted by Crippen LogP contribution is -2.35. The minimum absolute atomic E-state index is 0. The van der Waals surface area contributed by atoms with Crippen molar-refractivity contribution in [3.63, 3.8) is 0 Å². The van der Waals surface area contributed by atoms with Gasteiger partial charge in [0, 0.05) is 34.4 Å². The highest BCUT2D eigenvalue weighted by Crippen LogP contribution is 2.29. The largest absolute Gasteiger partial charge is 0.463 e. The van der Waals surface area contributed by atoms with E-state index in [-0.39, 0.29) is 29.9 Å². The number of carbonyl (C=O) groups is 3. The topological polar surface area (TPSA) is 70.8 Å². The number of furan rings is 1. The van der Waals surface area contributed by atoms with Crippen LogP contribution in [-0.4, -0.2) is 47.9 Å². The third-order valence-corrected chi connectivity index (χ3v) is 5.86. The molecule has 0 radical (unpaired) electrons. The first-order valence-corrected chi connectivity index (χ1v) is 10.3. The summed E-state index contributed by atoms with van der Waals surface area (Å²) in [5, 5.41) is 0. The molecule has 164 valence electrons. The number of nitrogens with zero attached hydrogens (tertiary/aromatic N) is 2. The fourth-order valence-corrected chi connectivity index (χ4v) is 4.36. The van der Waals surface area contributed by atoms with Crippen molar-refractivity contribution in [2.24, 2.45) is 0 Å². The van der Waals surface area contributed by atoms with Crippen LogP contribution in [0.25, 0.3) is 0 Å². The summed E-state index contributed by atoms with van der Waals surface area (Å²) < 4.78 is 5.96. The van der Waals surface area contributed by atoms with E-state index < -0.39 is 0 Å². The summed E-state index contributed by atoms with van der Waals surface area (Å²) in [7, 11) is 3.97. The number of fused-ring (bicyclic) bond motifs is 3. The highest BCUT2D eigenvalue weighted by Gasteiger charge is 2.31. The Morgan fingerprint density at radius 2 is 1.62 bits per heavy atom. The smallest absolute Gasteiger partial charge is 0.254 e. The van der Waals surface area contributed by atoms with Crippen molar-refractivity contribution in [2.75, 3.05) is 20.6 Å². The summed E-state index contributed by atoms with van der Waals surface area (Å²) >= 11 is 0. The van der Waals surface area contributed by atoms with Crippen molar-refractivity contribution >= 4 is 29.9 Å². The SMILES string of the molecule is CN(C)Cc1cc2c(o1)CN(C(=O)c1ccc3c(c1)C(=O)c1ccccc1C3=O)CC2.Cl. The van der Waals surface area contributed by atoms with Crippen LogP contribution >= 0.6 is 12.4 Å². The van der Waals surface area contributed by atoms with Crippen LogP contribution < -0.4 is 0 Å². The maximum atomic E-state index is 13.2. The van der Waals surface area contributed by atoms with E-state index in [2.05, 4.69) is 6.07 Å². The lowest BCUT2D eigenvalue weighted by molar-refractivity contribution is 0.0718. The summed E-state index contributed by atoms with van der Waals surface area (Å²) in [5.41, 5.74) is 2.98. The van der Waals surface area contributed by atoms with Gasteiger partial charge in [0.15, 0.2) is 11.6 Å². The second kappa shape index (κ2) is 8.37. The van der Waals surface area contributed by atoms with E-state index in [0.29, 0.717) is 47.5 Å². The highest BCUT2D eigenvalue weighted by atomic mass is 35.5. The molecule has 0 atom stereocenters. The zero-order valence-corrected chi connectivity index (χ0v) is 18.7. The van der Waals surface area contributed by atoms with Crippen LogP contribution in [0.4, 0.5) is 0 Å². The average Bonchev–Trinajstić information content (AvgIpc) is 3.17. The maximum absolute atomic E-state index is 13.2. The molecule has 0 bridgehead atoms. The van der Waals surface area contributed by atoms with Gasteiger partial charge in [-0.2, -0.15) is 0 Å². The van der Waals surface area contributed by atoms with Crippen LogP contribution in [0.3, 0.4) is 0 Å². The maximum Gasteiger partial charge on any atom is 0.254 e. The van der Waals surface area contributed by atoms with Gasteiger partial charge in [0.25, 0.3) is 5.91 Å². The van der Waals surface area contributed by atoms with E-state index in [0.717, 1.165) is 23.5 Å². The molecule has 32 heavy (non-hydrogen) atoms. The Morgan fingerprint density at radius 1 is 0.969 bits per heavy atom. The number of halogens is 1. The van der Waals surface area contributed by atoms with Crippen LogP contribution in [0.1, 0.15) is 59.3 Å². The molecule has 1 aliphatic carbocycles. The molecular formula is C25H23ClN2O4. The Morgan fingerprint density at radius 3 is 2.31 bits per heavy atom. The average molecular weight is 451 g/mol. The van der Waals surface area contributed by atoms with E-state index in [1.807, 2.05) is 19.0 Å². The molecule has 6 nitrogen and oxygen atoms in total. The van der Waals surface area contributed by atoms with E-state index >= 15 is 0 Å². The third kappa shape index (κ3) is 3.66. The van der Waals surface area contributed by atoms with E-state index in [4.69, 9.17) is 4.42 Å². The molecule has 7 heteroatoms. The molecule has 0 saturated heterocycles. The molecule has 0 N–H and O–H groups in total. The summed E-state index contributed by atoms with van der Waals surface area (Å²) in [6, 6.07) is 13.7. The minimum atomic E-state index is -0.222. The number of hydrogen-bond donors (Lipinski definition) is 0. The predicted molar refractivity (Wildman–Crippen MR) is 122 cm³/mol. The third-order valence-electron chi connectivity index (χ3n) is 5.86. The van der Waals surface area contributed by atoms with Crippen molar-refractivity contribution in [3.05, 3.63) is 93.4 Å². The van der Waals surface area contributed by atoms with Crippen molar-refractivity contribution in [3.8, 4) is 0 Å². The predicted octanol–water partition coefficient (Wildman–Crippen LogP) is 3.74. The molecule has 2 heterocycles. The molecule has 1 aliphatic heterocycles. The molecule has 0 spiro atoms. The number of hydrogen-bond acceptors (Lipinski definition) is 5. The first-order valence-electron chi connectivity index (χ1n) is 10.3. The van der Waals surface area contributed by atoms with Crippen molar-refractivity contribution in [1.82, 2.24) is 9.80 Å². The molecule has 3 aromatic rings. The van der Waals surface area contributed by atoms with Crippen LogP contribution in [0.2, 0.25) is 0 Å². The van der Waals surface area contributed by atoms with Crippen molar-refractivity contribution in [1.29, 1.82) is 0 Å². The first-order chi connectivity index (χ1) is 14.9. The molecule has 5 rings (SSSR count). The quantitative estimate of drug-likeness (QED) is 0.475. The van der Waals surface area contributed by atoms with Gasteiger partial charge in [0.2, 0.25) is 0 Å². The van der Waals surface area contributed by atoms with Gasteiger partial charge in [-0.25, -0.2) is 0 Å². The number of benzene rings is 2. The molecule has 0 fully saturated rings. The lowest BCUT2D eigenvalue weighted by atomic mass is 9.83. The van der Waals surface area contributed by atoms with Crippen LogP contribution in [0.15, 0.2) is 52.9 Å². The second-order valence-corrected chi connectivity index (χ2v) is 8.34. The summed E-state index contributed by atoms with van der Waals surface area (Å²) in [6.07, 6.45) is 0.730. The van der Waals surface area contributed by atoms with Gasteiger partial charge in [-0.3, -0.25) is 14.4 Å². The zero-order valence-electron chi connectivity index (χ0n) is 17.9. The van der Waals surface area contributed by atoms with Gasteiger partial charge in [-0.05, 0) is 50.3 Å². The summed E-state index contributed by atoms with van der Waals surface area (Å²) in [4.78, 5) is 42.7. The Hall–Kier alpha value is -3.22. The Balaban J connectivity index is 0.00000245. The zero-order chi connectivity index (χ0) is 21.7. The van der Waals surface area contributed by atoms with Gasteiger partial charge < -0.3 is 14.2 Å². The Kier molecular flexibility index (Phi) is 5.75. The van der Waals surface area contributed by atoms with Gasteiger partial charge >= 0.3 is 0 Å². The Bertz CT molecular complexity index is 1240. The van der Waals surface area contributed by atoms with Crippen molar-refractivity contribution in [2.45, 2.75) is 19.5 Å². The molecule has 1 amide bonds. The normalized spacial score (nSPS) is 14.5. The number of ketones is 2. The summed E-state index contributed by atoms with van der Waals surface area (Å²) in [5.74, 6) is 1.13. The van der Waals surface area contributed by atoms with E-state index in [9.17, 15) is 14.4 Å². The van der Waals surface area contributed by atoms with Gasteiger partial charge in [-0.1, -0.05) is 24.3 Å². The van der Waals surface area contributed by atoms with Crippen LogP contribution in [0, 0.1) is 0 Å². The lowest BCUT2D eigenvalue weighted by Gasteiger charge is -2.26. The van der Waals surface area contributed by atoms with Crippen molar-refractivity contribution < 1.29 is 18.8 Å². The molecular weight excluding hydrogens is 428 g/mol. The molecule has 2 aliphatic rings. The highest BCUT2D eigenvalue weighted by molar-refractivity contribution is 6.28. The minimum Gasteiger partial charge on any atom is -0.463 e. The monoisotopic (exact) mass is 450 g/mol. The van der Waals surface area contributed by atoms with Crippen LogP contribution in [-0.2, 0) is 19.5 Å². The number of amides is 1. The molecule has 1 aromatic heterocycles. The van der Waals surface area contributed by atoms with Gasteiger partial charge in [0.05, 0.1) is 13.1 Å². The number of carbonyl (C=O) groups excluding carboxylic acids is 3. The molecule has 0 unspecified atom stereocenters. The van der Waals surface area contributed by atoms with E-state index in [1.54, 1.807) is 47.4 Å². The standard InChI is InChI=1S/C25H22N2O4.ClH/c1-26(2)13-17-11-15-9-10-27(14-22(15)31-17)25(30)16-7-8-20-21(12-16)24(29)19-6-4-3-5-18(19)23(20)28;/h3-8,11-12H,9-10,13-14H2,1-2H3;1H. The first kappa shape index (κ1) is 22.0.